The molecule has 0 bridgehead atoms. The smallest absolute Gasteiger partial charge is 0.257 e. The van der Waals surface area contributed by atoms with Gasteiger partial charge >= 0.3 is 0 Å². The molecule has 3 rings (SSSR count). The largest absolute Gasteiger partial charge is 0.383 e. The Morgan fingerprint density at radius 1 is 1.24 bits per heavy atom. The third-order valence-electron chi connectivity index (χ3n) is 3.28. The molecule has 0 aliphatic carbocycles. The predicted molar refractivity (Wildman–Crippen MR) is 86.1 cm³/mol. The first kappa shape index (κ1) is 17.3. The number of benzene rings is 1. The first-order valence-corrected chi connectivity index (χ1v) is 8.88. The first-order valence-electron chi connectivity index (χ1n) is 7.39. The highest BCUT2D eigenvalue weighted by molar-refractivity contribution is 7.89. The van der Waals surface area contributed by atoms with Gasteiger partial charge in [0.2, 0.25) is 10.0 Å². The monoisotopic (exact) mass is 364 g/mol. The van der Waals surface area contributed by atoms with Crippen molar-refractivity contribution in [3.8, 4) is 11.5 Å². The summed E-state index contributed by atoms with van der Waals surface area (Å²) < 4.78 is 42.0. The summed E-state index contributed by atoms with van der Waals surface area (Å²) in [6.45, 7) is 0.471. The van der Waals surface area contributed by atoms with Gasteiger partial charge in [-0.05, 0) is 18.2 Å². The van der Waals surface area contributed by atoms with Gasteiger partial charge in [-0.2, -0.15) is 4.98 Å². The summed E-state index contributed by atoms with van der Waals surface area (Å²) >= 11 is 0. The molecule has 2 heterocycles. The number of ether oxygens (including phenoxy) is 1. The van der Waals surface area contributed by atoms with Gasteiger partial charge < -0.3 is 13.8 Å². The molecule has 9 nitrogen and oxygen atoms in total. The van der Waals surface area contributed by atoms with Crippen molar-refractivity contribution in [2.45, 2.75) is 11.3 Å². The molecule has 0 unspecified atom stereocenters. The van der Waals surface area contributed by atoms with Crippen LogP contribution in [0.5, 0.6) is 0 Å². The minimum absolute atomic E-state index is 0.107. The van der Waals surface area contributed by atoms with Crippen LogP contribution in [0.4, 0.5) is 0 Å². The fraction of sp³-hybridized carbons (Fsp3) is 0.267. The lowest BCUT2D eigenvalue weighted by molar-refractivity contribution is 0.204. The lowest BCUT2D eigenvalue weighted by Crippen LogP contribution is -2.27. The summed E-state index contributed by atoms with van der Waals surface area (Å²) in [4.78, 5) is 4.36. The number of hydrogen-bond donors (Lipinski definition) is 1. The second kappa shape index (κ2) is 7.55. The quantitative estimate of drug-likeness (QED) is 0.593. The van der Waals surface area contributed by atoms with Crippen LogP contribution >= 0.6 is 0 Å². The van der Waals surface area contributed by atoms with Crippen molar-refractivity contribution in [2.24, 2.45) is 0 Å². The summed E-state index contributed by atoms with van der Waals surface area (Å²) in [5, 5.41) is 7.47. The van der Waals surface area contributed by atoms with Crippen molar-refractivity contribution in [1.29, 1.82) is 0 Å². The lowest BCUT2D eigenvalue weighted by atomic mass is 10.2. The van der Waals surface area contributed by atoms with E-state index in [1.165, 1.54) is 25.4 Å². The summed E-state index contributed by atoms with van der Waals surface area (Å²) in [5.41, 5.74) is 0.505. The van der Waals surface area contributed by atoms with E-state index in [1.54, 1.807) is 18.2 Å². The van der Waals surface area contributed by atoms with E-state index in [9.17, 15) is 8.42 Å². The van der Waals surface area contributed by atoms with Crippen molar-refractivity contribution in [3.63, 3.8) is 0 Å². The minimum Gasteiger partial charge on any atom is -0.383 e. The molecule has 0 aliphatic heterocycles. The molecule has 0 atom stereocenters. The summed E-state index contributed by atoms with van der Waals surface area (Å²) in [5.74, 6) is 1.24. The Kier molecular flexibility index (Phi) is 5.22. The second-order valence-electron chi connectivity index (χ2n) is 5.09. The maximum atomic E-state index is 12.3. The SMILES string of the molecule is COCCNS(=O)(=O)c1cccc(-c2nc(Cc3ccno3)no2)c1. The number of hydrogen-bond acceptors (Lipinski definition) is 8. The standard InChI is InChI=1S/C15H16N4O5S/c1-22-8-7-17-25(20,21)13-4-2-3-11(9-13)15-18-14(19-24-15)10-12-5-6-16-23-12/h2-6,9,17H,7-8,10H2,1H3. The number of aromatic nitrogens is 3. The maximum absolute atomic E-state index is 12.3. The predicted octanol–water partition coefficient (Wildman–Crippen LogP) is 1.24. The van der Waals surface area contributed by atoms with E-state index in [1.807, 2.05) is 0 Å². The average molecular weight is 364 g/mol. The molecule has 0 aliphatic rings. The van der Waals surface area contributed by atoms with Crippen molar-refractivity contribution >= 4 is 10.0 Å². The molecule has 25 heavy (non-hydrogen) atoms. The van der Waals surface area contributed by atoms with Gasteiger partial charge in [-0.15, -0.1) is 0 Å². The fourth-order valence-electron chi connectivity index (χ4n) is 2.09. The molecule has 0 spiro atoms. The molecular formula is C15H16N4O5S. The second-order valence-corrected chi connectivity index (χ2v) is 6.86. The third kappa shape index (κ3) is 4.29. The summed E-state index contributed by atoms with van der Waals surface area (Å²) in [7, 11) is -2.14. The van der Waals surface area contributed by atoms with Crippen LogP contribution in [0.15, 0.2) is 50.5 Å². The Bertz CT molecular complexity index is 921. The van der Waals surface area contributed by atoms with Crippen LogP contribution < -0.4 is 4.72 Å². The zero-order valence-electron chi connectivity index (χ0n) is 13.4. The van der Waals surface area contributed by atoms with E-state index in [2.05, 4.69) is 20.0 Å². The highest BCUT2D eigenvalue weighted by atomic mass is 32.2. The van der Waals surface area contributed by atoms with Crippen LogP contribution in [0.2, 0.25) is 0 Å². The number of nitrogens with one attached hydrogen (secondary N) is 1. The molecule has 10 heteroatoms. The van der Waals surface area contributed by atoms with Crippen LogP contribution in [0.3, 0.4) is 0 Å². The van der Waals surface area contributed by atoms with Gasteiger partial charge in [-0.25, -0.2) is 13.1 Å². The van der Waals surface area contributed by atoms with Crippen LogP contribution in [-0.2, 0) is 21.2 Å². The number of methoxy groups -OCH3 is 1. The molecule has 2 aromatic heterocycles. The lowest BCUT2D eigenvalue weighted by Gasteiger charge is -2.06. The van der Waals surface area contributed by atoms with Crippen molar-refractivity contribution in [2.75, 3.05) is 20.3 Å². The van der Waals surface area contributed by atoms with Gasteiger partial charge in [0.25, 0.3) is 5.89 Å². The Labute approximate surface area is 144 Å². The number of rotatable bonds is 8. The summed E-state index contributed by atoms with van der Waals surface area (Å²) in [6, 6.07) is 7.97. The molecule has 0 radical (unpaired) electrons. The molecule has 3 aromatic rings. The van der Waals surface area contributed by atoms with E-state index in [4.69, 9.17) is 13.8 Å². The van der Waals surface area contributed by atoms with Crippen LogP contribution in [0, 0.1) is 0 Å². The van der Waals surface area contributed by atoms with Crippen molar-refractivity contribution in [1.82, 2.24) is 20.0 Å². The van der Waals surface area contributed by atoms with E-state index < -0.39 is 10.0 Å². The topological polar surface area (TPSA) is 120 Å². The Hall–Kier alpha value is -2.56. The maximum Gasteiger partial charge on any atom is 0.257 e. The molecule has 0 fully saturated rings. The van der Waals surface area contributed by atoms with Gasteiger partial charge in [0.1, 0.15) is 5.76 Å². The first-order chi connectivity index (χ1) is 12.1. The molecule has 132 valence electrons. The zero-order valence-corrected chi connectivity index (χ0v) is 14.2. The Balaban J connectivity index is 1.78. The molecule has 0 saturated heterocycles. The molecular weight excluding hydrogens is 348 g/mol. The van der Waals surface area contributed by atoms with Gasteiger partial charge in [-0.1, -0.05) is 16.4 Å². The van der Waals surface area contributed by atoms with Gasteiger partial charge in [0.15, 0.2) is 5.82 Å². The highest BCUT2D eigenvalue weighted by Crippen LogP contribution is 2.21. The van der Waals surface area contributed by atoms with E-state index in [-0.39, 0.29) is 23.9 Å². The fourth-order valence-corrected chi connectivity index (χ4v) is 3.15. The van der Waals surface area contributed by atoms with Crippen molar-refractivity contribution < 1.29 is 22.2 Å². The van der Waals surface area contributed by atoms with Gasteiger partial charge in [-0.3, -0.25) is 0 Å². The summed E-state index contributed by atoms with van der Waals surface area (Å²) in [6.07, 6.45) is 1.86. The van der Waals surface area contributed by atoms with E-state index in [0.29, 0.717) is 23.6 Å². The number of nitrogens with zero attached hydrogens (tertiary/aromatic N) is 3. The van der Waals surface area contributed by atoms with E-state index >= 15 is 0 Å². The van der Waals surface area contributed by atoms with Gasteiger partial charge in [0.05, 0.1) is 24.1 Å². The molecule has 0 amide bonds. The Morgan fingerprint density at radius 3 is 2.88 bits per heavy atom. The zero-order chi connectivity index (χ0) is 17.7. The number of sulfonamides is 1. The van der Waals surface area contributed by atoms with Crippen LogP contribution in [0.1, 0.15) is 11.6 Å². The van der Waals surface area contributed by atoms with Crippen LogP contribution in [-0.4, -0.2) is 44.0 Å². The van der Waals surface area contributed by atoms with Crippen molar-refractivity contribution in [3.05, 3.63) is 48.1 Å². The normalized spacial score (nSPS) is 11.7. The highest BCUT2D eigenvalue weighted by Gasteiger charge is 2.17. The third-order valence-corrected chi connectivity index (χ3v) is 4.74. The molecule has 1 N–H and O–H groups in total. The minimum atomic E-state index is -3.64. The molecule has 0 saturated carbocycles. The van der Waals surface area contributed by atoms with Gasteiger partial charge in [0, 0.05) is 25.3 Å². The molecule has 1 aromatic carbocycles. The van der Waals surface area contributed by atoms with Crippen LogP contribution in [0.25, 0.3) is 11.5 Å². The average Bonchev–Trinajstić information content (AvgIpc) is 3.28. The van der Waals surface area contributed by atoms with E-state index in [0.717, 1.165) is 0 Å². The Morgan fingerprint density at radius 2 is 2.12 bits per heavy atom.